The standard InChI is InChI=1S/C13H19BrN2O/c1-3-15-13(17)8-9-16-10(2)11-4-6-12(14)7-5-11/h4-7,10,16H,3,8-9H2,1-2H3,(H,15,17)/t10-/m1/s1. The smallest absolute Gasteiger partial charge is 0.221 e. The van der Waals surface area contributed by atoms with Crippen LogP contribution >= 0.6 is 15.9 Å². The normalized spacial score (nSPS) is 12.2. The molecule has 17 heavy (non-hydrogen) atoms. The summed E-state index contributed by atoms with van der Waals surface area (Å²) in [5.41, 5.74) is 1.23. The zero-order valence-electron chi connectivity index (χ0n) is 10.3. The van der Waals surface area contributed by atoms with E-state index in [4.69, 9.17) is 0 Å². The third-order valence-corrected chi connectivity index (χ3v) is 3.08. The Morgan fingerprint density at radius 1 is 1.35 bits per heavy atom. The third kappa shape index (κ3) is 5.33. The van der Waals surface area contributed by atoms with Gasteiger partial charge in [0.2, 0.25) is 5.91 Å². The molecule has 0 spiro atoms. The Bertz CT molecular complexity index is 351. The van der Waals surface area contributed by atoms with E-state index in [1.54, 1.807) is 0 Å². The van der Waals surface area contributed by atoms with Gasteiger partial charge in [-0.1, -0.05) is 28.1 Å². The van der Waals surface area contributed by atoms with Crippen LogP contribution in [0.2, 0.25) is 0 Å². The van der Waals surface area contributed by atoms with E-state index in [2.05, 4.69) is 45.6 Å². The number of nitrogens with one attached hydrogen (secondary N) is 2. The average Bonchev–Trinajstić information content (AvgIpc) is 2.30. The first-order chi connectivity index (χ1) is 8.13. The fourth-order valence-electron chi connectivity index (χ4n) is 1.56. The molecule has 3 nitrogen and oxygen atoms in total. The van der Waals surface area contributed by atoms with Crippen molar-refractivity contribution in [2.45, 2.75) is 26.3 Å². The fraction of sp³-hybridized carbons (Fsp3) is 0.462. The number of rotatable bonds is 6. The number of halogens is 1. The van der Waals surface area contributed by atoms with Gasteiger partial charge >= 0.3 is 0 Å². The number of hydrogen-bond donors (Lipinski definition) is 2. The van der Waals surface area contributed by atoms with Crippen molar-refractivity contribution in [3.63, 3.8) is 0 Å². The van der Waals surface area contributed by atoms with Crippen LogP contribution in [0.5, 0.6) is 0 Å². The van der Waals surface area contributed by atoms with Crippen molar-refractivity contribution in [2.24, 2.45) is 0 Å². The second kappa shape index (κ2) is 7.45. The molecule has 0 saturated carbocycles. The Balaban J connectivity index is 2.32. The summed E-state index contributed by atoms with van der Waals surface area (Å²) in [5, 5.41) is 6.11. The molecule has 1 atom stereocenters. The van der Waals surface area contributed by atoms with Crippen molar-refractivity contribution in [1.29, 1.82) is 0 Å². The lowest BCUT2D eigenvalue weighted by Gasteiger charge is -2.14. The van der Waals surface area contributed by atoms with E-state index in [9.17, 15) is 4.79 Å². The van der Waals surface area contributed by atoms with E-state index >= 15 is 0 Å². The minimum absolute atomic E-state index is 0.100. The van der Waals surface area contributed by atoms with Crippen LogP contribution in [0.25, 0.3) is 0 Å². The molecule has 0 heterocycles. The maximum Gasteiger partial charge on any atom is 0.221 e. The van der Waals surface area contributed by atoms with E-state index in [1.165, 1.54) is 5.56 Å². The van der Waals surface area contributed by atoms with Gasteiger partial charge in [0, 0.05) is 30.0 Å². The Morgan fingerprint density at radius 3 is 2.59 bits per heavy atom. The maximum absolute atomic E-state index is 11.2. The first kappa shape index (κ1) is 14.2. The van der Waals surface area contributed by atoms with Crippen molar-refractivity contribution in [3.8, 4) is 0 Å². The maximum atomic E-state index is 11.2. The van der Waals surface area contributed by atoms with Gasteiger partial charge in [-0.05, 0) is 31.5 Å². The second-order valence-electron chi connectivity index (χ2n) is 3.93. The van der Waals surface area contributed by atoms with Gasteiger partial charge < -0.3 is 10.6 Å². The van der Waals surface area contributed by atoms with Gasteiger partial charge in [-0.25, -0.2) is 0 Å². The highest BCUT2D eigenvalue weighted by atomic mass is 79.9. The van der Waals surface area contributed by atoms with Crippen LogP contribution in [-0.2, 0) is 4.79 Å². The van der Waals surface area contributed by atoms with Gasteiger partial charge in [0.15, 0.2) is 0 Å². The van der Waals surface area contributed by atoms with Gasteiger partial charge in [0.05, 0.1) is 0 Å². The molecule has 1 rings (SSSR count). The molecule has 2 N–H and O–H groups in total. The summed E-state index contributed by atoms with van der Waals surface area (Å²) in [7, 11) is 0. The first-order valence-corrected chi connectivity index (χ1v) is 6.68. The van der Waals surface area contributed by atoms with Gasteiger partial charge in [0.1, 0.15) is 0 Å². The Morgan fingerprint density at radius 2 is 2.00 bits per heavy atom. The van der Waals surface area contributed by atoms with Gasteiger partial charge in [0.25, 0.3) is 0 Å². The van der Waals surface area contributed by atoms with Crippen LogP contribution < -0.4 is 10.6 Å². The third-order valence-electron chi connectivity index (χ3n) is 2.55. The molecular weight excluding hydrogens is 280 g/mol. The number of amides is 1. The zero-order chi connectivity index (χ0) is 12.7. The summed E-state index contributed by atoms with van der Waals surface area (Å²) in [6.07, 6.45) is 0.523. The largest absolute Gasteiger partial charge is 0.356 e. The summed E-state index contributed by atoms with van der Waals surface area (Å²) in [5.74, 6) is 0.100. The highest BCUT2D eigenvalue weighted by Crippen LogP contribution is 2.16. The SMILES string of the molecule is CCNC(=O)CCN[C@H](C)c1ccc(Br)cc1. The Hall–Kier alpha value is -0.870. The Kier molecular flexibility index (Phi) is 6.22. The highest BCUT2D eigenvalue weighted by molar-refractivity contribution is 9.10. The molecule has 4 heteroatoms. The average molecular weight is 299 g/mol. The summed E-state index contributed by atoms with van der Waals surface area (Å²) in [6.45, 7) is 5.42. The molecule has 1 aromatic rings. The second-order valence-corrected chi connectivity index (χ2v) is 4.85. The van der Waals surface area contributed by atoms with Gasteiger partial charge in [-0.3, -0.25) is 4.79 Å². The van der Waals surface area contributed by atoms with Crippen LogP contribution in [0.4, 0.5) is 0 Å². The van der Waals surface area contributed by atoms with E-state index < -0.39 is 0 Å². The summed E-state index contributed by atoms with van der Waals surface area (Å²) in [6, 6.07) is 8.47. The van der Waals surface area contributed by atoms with Gasteiger partial charge in [-0.15, -0.1) is 0 Å². The number of hydrogen-bond acceptors (Lipinski definition) is 2. The molecule has 94 valence electrons. The zero-order valence-corrected chi connectivity index (χ0v) is 11.9. The molecule has 0 radical (unpaired) electrons. The molecule has 0 bridgehead atoms. The molecule has 0 saturated heterocycles. The minimum Gasteiger partial charge on any atom is -0.356 e. The van der Waals surface area contributed by atoms with Crippen LogP contribution in [0, 0.1) is 0 Å². The van der Waals surface area contributed by atoms with E-state index in [0.717, 1.165) is 4.47 Å². The number of carbonyl (C=O) groups is 1. The predicted molar refractivity (Wildman–Crippen MR) is 73.9 cm³/mol. The predicted octanol–water partition coefficient (Wildman–Crippen LogP) is 2.63. The fourth-order valence-corrected chi connectivity index (χ4v) is 1.82. The van der Waals surface area contributed by atoms with E-state index in [0.29, 0.717) is 19.5 Å². The van der Waals surface area contributed by atoms with Crippen LogP contribution in [0.3, 0.4) is 0 Å². The minimum atomic E-state index is 0.100. The molecule has 1 amide bonds. The van der Waals surface area contributed by atoms with Crippen molar-refractivity contribution in [2.75, 3.05) is 13.1 Å². The highest BCUT2D eigenvalue weighted by Gasteiger charge is 2.05. The van der Waals surface area contributed by atoms with Gasteiger partial charge in [-0.2, -0.15) is 0 Å². The molecular formula is C13H19BrN2O. The number of benzene rings is 1. The summed E-state index contributed by atoms with van der Waals surface area (Å²) >= 11 is 3.41. The van der Waals surface area contributed by atoms with Crippen LogP contribution in [0.15, 0.2) is 28.7 Å². The summed E-state index contributed by atoms with van der Waals surface area (Å²) < 4.78 is 1.08. The molecule has 0 aromatic heterocycles. The molecule has 0 aliphatic heterocycles. The first-order valence-electron chi connectivity index (χ1n) is 5.89. The summed E-state index contributed by atoms with van der Waals surface area (Å²) in [4.78, 5) is 11.2. The topological polar surface area (TPSA) is 41.1 Å². The van der Waals surface area contributed by atoms with Crippen molar-refractivity contribution in [3.05, 3.63) is 34.3 Å². The molecule has 0 aliphatic rings. The van der Waals surface area contributed by atoms with Crippen molar-refractivity contribution < 1.29 is 4.79 Å². The molecule has 1 aromatic carbocycles. The molecule has 0 fully saturated rings. The van der Waals surface area contributed by atoms with Crippen LogP contribution in [-0.4, -0.2) is 19.0 Å². The quantitative estimate of drug-likeness (QED) is 0.848. The van der Waals surface area contributed by atoms with E-state index in [-0.39, 0.29) is 11.9 Å². The lowest BCUT2D eigenvalue weighted by atomic mass is 10.1. The lowest BCUT2D eigenvalue weighted by molar-refractivity contribution is -0.120. The molecule has 0 unspecified atom stereocenters. The van der Waals surface area contributed by atoms with Crippen molar-refractivity contribution >= 4 is 21.8 Å². The molecule has 0 aliphatic carbocycles. The number of carbonyl (C=O) groups excluding carboxylic acids is 1. The van der Waals surface area contributed by atoms with Crippen molar-refractivity contribution in [1.82, 2.24) is 10.6 Å². The lowest BCUT2D eigenvalue weighted by Crippen LogP contribution is -2.28. The van der Waals surface area contributed by atoms with Crippen LogP contribution in [0.1, 0.15) is 31.9 Å². The Labute approximate surface area is 111 Å². The monoisotopic (exact) mass is 298 g/mol. The van der Waals surface area contributed by atoms with E-state index in [1.807, 2.05) is 19.1 Å².